The molecule has 13 aromatic rings. The van der Waals surface area contributed by atoms with Crippen LogP contribution in [0.15, 0.2) is 273 Å². The molecule has 0 amide bonds. The van der Waals surface area contributed by atoms with Gasteiger partial charge < -0.3 is 0 Å². The summed E-state index contributed by atoms with van der Waals surface area (Å²) in [6, 6.07) is 97.7. The van der Waals surface area contributed by atoms with Gasteiger partial charge in [0.25, 0.3) is 0 Å². The summed E-state index contributed by atoms with van der Waals surface area (Å²) in [5, 5.41) is 3.41. The summed E-state index contributed by atoms with van der Waals surface area (Å²) in [5.41, 5.74) is 22.9. The predicted octanol–water partition coefficient (Wildman–Crippen LogP) is 18.3. The van der Waals surface area contributed by atoms with E-state index in [0.29, 0.717) is 0 Å². The highest BCUT2D eigenvalue weighted by Gasteiger charge is 2.17. The van der Waals surface area contributed by atoms with Crippen LogP contribution in [0.5, 0.6) is 0 Å². The summed E-state index contributed by atoms with van der Waals surface area (Å²) in [4.78, 5) is 15.0. The molecular weight excluding hydrogens is 871 g/mol. The van der Waals surface area contributed by atoms with Gasteiger partial charge >= 0.3 is 0 Å². The van der Waals surface area contributed by atoms with Gasteiger partial charge in [0.15, 0.2) is 0 Å². The number of pyridine rings is 3. The van der Waals surface area contributed by atoms with Crippen molar-refractivity contribution >= 4 is 32.7 Å². The summed E-state index contributed by atoms with van der Waals surface area (Å²) in [6.07, 6.45) is 0. The molecule has 0 bridgehead atoms. The summed E-state index contributed by atoms with van der Waals surface area (Å²) >= 11 is 0. The Bertz CT molecular complexity index is 3700. The van der Waals surface area contributed by atoms with Crippen LogP contribution in [0.2, 0.25) is 0 Å². The number of nitrogens with zero attached hydrogens (tertiary/aromatic N) is 3. The van der Waals surface area contributed by atoms with Gasteiger partial charge in [-0.05, 0) is 121 Å². The molecule has 10 aromatic carbocycles. The number of rotatable bonds is 9. The minimum Gasteiger partial charge on any atom is -0.248 e. The number of aromatic nitrogens is 3. The van der Waals surface area contributed by atoms with Gasteiger partial charge in [0.2, 0.25) is 0 Å². The van der Waals surface area contributed by atoms with Gasteiger partial charge in [-0.15, -0.1) is 0 Å². The maximum Gasteiger partial charge on any atom is 0.0709 e. The average molecular weight is 916 g/mol. The molecule has 0 aliphatic heterocycles. The molecule has 3 heteroatoms. The zero-order valence-corrected chi connectivity index (χ0v) is 39.3. The molecule has 13 rings (SSSR count). The Morgan fingerprint density at radius 3 is 0.667 bits per heavy atom. The third-order valence-corrected chi connectivity index (χ3v) is 13.9. The molecule has 3 heterocycles. The van der Waals surface area contributed by atoms with Crippen LogP contribution in [0.25, 0.3) is 133 Å². The first-order chi connectivity index (χ1) is 35.6. The van der Waals surface area contributed by atoms with Crippen LogP contribution in [0.3, 0.4) is 0 Å². The van der Waals surface area contributed by atoms with Crippen molar-refractivity contribution in [3.05, 3.63) is 273 Å². The largest absolute Gasteiger partial charge is 0.248 e. The first-order valence-corrected chi connectivity index (χ1v) is 24.5. The van der Waals surface area contributed by atoms with E-state index in [1.165, 1.54) is 0 Å². The number of para-hydroxylation sites is 3. The zero-order valence-electron chi connectivity index (χ0n) is 39.3. The van der Waals surface area contributed by atoms with E-state index < -0.39 is 0 Å². The number of hydrogen-bond donors (Lipinski definition) is 0. The highest BCUT2D eigenvalue weighted by atomic mass is 14.7. The van der Waals surface area contributed by atoms with E-state index in [4.69, 9.17) is 15.0 Å². The first-order valence-electron chi connectivity index (χ1n) is 24.5. The number of hydrogen-bond acceptors (Lipinski definition) is 3. The van der Waals surface area contributed by atoms with Crippen molar-refractivity contribution < 1.29 is 0 Å². The van der Waals surface area contributed by atoms with Gasteiger partial charge in [-0.2, -0.15) is 0 Å². The van der Waals surface area contributed by atoms with E-state index in [-0.39, 0.29) is 0 Å². The lowest BCUT2D eigenvalue weighted by Crippen LogP contribution is -1.92. The molecule has 0 spiro atoms. The van der Waals surface area contributed by atoms with E-state index >= 15 is 0 Å². The third-order valence-electron chi connectivity index (χ3n) is 13.9. The van der Waals surface area contributed by atoms with Gasteiger partial charge in [-0.25, -0.2) is 15.0 Å². The Morgan fingerprint density at radius 2 is 0.389 bits per heavy atom. The van der Waals surface area contributed by atoms with Crippen molar-refractivity contribution in [2.45, 2.75) is 0 Å². The molecule has 3 nitrogen and oxygen atoms in total. The molecule has 3 aromatic heterocycles. The van der Waals surface area contributed by atoms with Crippen LogP contribution in [0.4, 0.5) is 0 Å². The Labute approximate surface area is 419 Å². The third kappa shape index (κ3) is 8.19. The fourth-order valence-corrected chi connectivity index (χ4v) is 10.2. The van der Waals surface area contributed by atoms with E-state index in [0.717, 1.165) is 133 Å². The molecule has 0 saturated carbocycles. The lowest BCUT2D eigenvalue weighted by molar-refractivity contribution is 1.40. The van der Waals surface area contributed by atoms with Crippen molar-refractivity contribution in [2.24, 2.45) is 0 Å². The normalized spacial score (nSPS) is 11.3. The second kappa shape index (κ2) is 18.4. The molecule has 0 saturated heterocycles. The Kier molecular flexibility index (Phi) is 10.9. The van der Waals surface area contributed by atoms with E-state index in [2.05, 4.69) is 255 Å². The number of benzene rings is 10. The van der Waals surface area contributed by atoms with E-state index in [1.807, 2.05) is 18.2 Å². The van der Waals surface area contributed by atoms with Crippen LogP contribution in [0.1, 0.15) is 0 Å². The molecule has 72 heavy (non-hydrogen) atoms. The quantitative estimate of drug-likeness (QED) is 0.145. The maximum atomic E-state index is 5.00. The smallest absolute Gasteiger partial charge is 0.0709 e. The highest BCUT2D eigenvalue weighted by Crippen LogP contribution is 2.43. The summed E-state index contributed by atoms with van der Waals surface area (Å²) in [6.45, 7) is 0. The highest BCUT2D eigenvalue weighted by molar-refractivity contribution is 5.95. The van der Waals surface area contributed by atoms with Crippen molar-refractivity contribution in [3.8, 4) is 101 Å². The van der Waals surface area contributed by atoms with E-state index in [9.17, 15) is 0 Å². The van der Waals surface area contributed by atoms with Crippen molar-refractivity contribution in [1.29, 1.82) is 0 Å². The Balaban J connectivity index is 0.920. The van der Waals surface area contributed by atoms with Crippen molar-refractivity contribution in [2.75, 3.05) is 0 Å². The standard InChI is InChI=1S/C69H45N3/c1-10-22-64-49(13-1)37-40-67(70-64)52-31-25-46(26-32-52)58-16-4-7-19-61(58)55-43-56(62-20-8-5-17-59(62)47-27-33-53(34-28-47)68-41-38-50-14-2-11-23-65(50)71-68)45-57(44-55)63-21-9-6-18-60(63)48-29-35-54(36-30-48)69-42-39-51-15-3-12-24-66(51)72-69/h1-45H. The van der Waals surface area contributed by atoms with Crippen molar-refractivity contribution in [1.82, 2.24) is 15.0 Å². The minimum absolute atomic E-state index is 0.961. The topological polar surface area (TPSA) is 38.7 Å². The fourth-order valence-electron chi connectivity index (χ4n) is 10.2. The average Bonchev–Trinajstić information content (AvgIpc) is 3.47. The van der Waals surface area contributed by atoms with Crippen LogP contribution in [-0.2, 0) is 0 Å². The molecule has 0 fully saturated rings. The summed E-state index contributed by atoms with van der Waals surface area (Å²) < 4.78 is 0. The van der Waals surface area contributed by atoms with Gasteiger partial charge in [-0.3, -0.25) is 0 Å². The molecule has 0 atom stereocenters. The fraction of sp³-hybridized carbons (Fsp3) is 0. The van der Waals surface area contributed by atoms with Crippen LogP contribution < -0.4 is 0 Å². The monoisotopic (exact) mass is 915 g/mol. The summed E-state index contributed by atoms with van der Waals surface area (Å²) in [7, 11) is 0. The van der Waals surface area contributed by atoms with Crippen LogP contribution in [-0.4, -0.2) is 15.0 Å². The van der Waals surface area contributed by atoms with Gasteiger partial charge in [0, 0.05) is 32.8 Å². The maximum absolute atomic E-state index is 5.00. The van der Waals surface area contributed by atoms with Gasteiger partial charge in [-0.1, -0.05) is 218 Å². The Morgan fingerprint density at radius 1 is 0.167 bits per heavy atom. The lowest BCUT2D eigenvalue weighted by Gasteiger charge is -2.18. The zero-order chi connectivity index (χ0) is 47.8. The lowest BCUT2D eigenvalue weighted by atomic mass is 9.86. The summed E-state index contributed by atoms with van der Waals surface area (Å²) in [5.74, 6) is 0. The van der Waals surface area contributed by atoms with Crippen LogP contribution >= 0.6 is 0 Å². The number of fused-ring (bicyclic) bond motifs is 3. The molecule has 336 valence electrons. The SMILES string of the molecule is c1ccc(-c2cc(-c3ccccc3-c3ccc(-c4ccc5ccccc5n4)cc3)cc(-c3ccccc3-c3ccc(-c4ccc5ccccc5n4)cc3)c2)c(-c2ccc(-c3ccc4ccccc4n3)cc2)c1. The van der Waals surface area contributed by atoms with E-state index in [1.54, 1.807) is 0 Å². The second-order valence-corrected chi connectivity index (χ2v) is 18.3. The Hall–Kier alpha value is -9.57. The molecule has 0 N–H and O–H groups in total. The molecule has 0 radical (unpaired) electrons. The molecule has 0 aliphatic carbocycles. The molecular formula is C69H45N3. The molecule has 0 aliphatic rings. The molecule has 0 unspecified atom stereocenters. The van der Waals surface area contributed by atoms with Crippen molar-refractivity contribution in [3.63, 3.8) is 0 Å². The predicted molar refractivity (Wildman–Crippen MR) is 301 cm³/mol. The van der Waals surface area contributed by atoms with Gasteiger partial charge in [0.1, 0.15) is 0 Å². The first kappa shape index (κ1) is 42.5. The van der Waals surface area contributed by atoms with Gasteiger partial charge in [0.05, 0.1) is 33.6 Å². The minimum atomic E-state index is 0.961. The van der Waals surface area contributed by atoms with Crippen LogP contribution in [0, 0.1) is 0 Å². The second-order valence-electron chi connectivity index (χ2n) is 18.3.